The number of aliphatic carboxylic acids is 1. The standard InChI is InChI=1S/C18H32N4O5/c1-9(2)13(21-16(24)12-7-6-8-19-12)17(25)20-11(5)15(23)22-14(10(3)4)18(26)27/h9-14,19H,6-8H2,1-5H3,(H,20,25)(H,21,24)(H,22,23)(H,26,27). The van der Waals surface area contributed by atoms with Crippen molar-refractivity contribution in [3.63, 3.8) is 0 Å². The van der Waals surface area contributed by atoms with Gasteiger partial charge in [0.15, 0.2) is 0 Å². The van der Waals surface area contributed by atoms with Crippen molar-refractivity contribution < 1.29 is 24.3 Å². The van der Waals surface area contributed by atoms with Crippen molar-refractivity contribution in [1.82, 2.24) is 21.3 Å². The molecule has 154 valence electrons. The van der Waals surface area contributed by atoms with Gasteiger partial charge in [0.1, 0.15) is 18.1 Å². The second-order valence-electron chi connectivity index (χ2n) is 7.68. The van der Waals surface area contributed by atoms with Gasteiger partial charge in [0.25, 0.3) is 0 Å². The normalized spacial score (nSPS) is 20.0. The fraction of sp³-hybridized carbons (Fsp3) is 0.778. The number of carbonyl (C=O) groups is 4. The third-order valence-electron chi connectivity index (χ3n) is 4.61. The van der Waals surface area contributed by atoms with Crippen molar-refractivity contribution >= 4 is 23.7 Å². The van der Waals surface area contributed by atoms with Crippen LogP contribution < -0.4 is 21.3 Å². The third kappa shape index (κ3) is 6.82. The molecule has 1 heterocycles. The zero-order valence-electron chi connectivity index (χ0n) is 16.7. The zero-order valence-corrected chi connectivity index (χ0v) is 16.7. The van der Waals surface area contributed by atoms with Gasteiger partial charge < -0.3 is 26.4 Å². The zero-order chi connectivity index (χ0) is 20.7. The maximum absolute atomic E-state index is 12.6. The Morgan fingerprint density at radius 2 is 1.48 bits per heavy atom. The first-order valence-corrected chi connectivity index (χ1v) is 9.41. The Morgan fingerprint density at radius 1 is 0.889 bits per heavy atom. The summed E-state index contributed by atoms with van der Waals surface area (Å²) in [4.78, 5) is 48.3. The lowest BCUT2D eigenvalue weighted by atomic mass is 10.0. The summed E-state index contributed by atoms with van der Waals surface area (Å²) in [5.41, 5.74) is 0. The lowest BCUT2D eigenvalue weighted by Crippen LogP contribution is -2.58. The van der Waals surface area contributed by atoms with Crippen molar-refractivity contribution in [2.24, 2.45) is 11.8 Å². The van der Waals surface area contributed by atoms with E-state index in [1.54, 1.807) is 27.7 Å². The predicted octanol–water partition coefficient (Wildman–Crippen LogP) is -0.391. The van der Waals surface area contributed by atoms with Gasteiger partial charge in [-0.05, 0) is 38.1 Å². The molecule has 3 amide bonds. The number of nitrogens with one attached hydrogen (secondary N) is 4. The van der Waals surface area contributed by atoms with Crippen molar-refractivity contribution in [1.29, 1.82) is 0 Å². The van der Waals surface area contributed by atoms with E-state index >= 15 is 0 Å². The van der Waals surface area contributed by atoms with Crippen LogP contribution in [-0.2, 0) is 19.2 Å². The Bertz CT molecular complexity index is 558. The highest BCUT2D eigenvalue weighted by molar-refractivity contribution is 5.94. The highest BCUT2D eigenvalue weighted by atomic mass is 16.4. The van der Waals surface area contributed by atoms with Crippen LogP contribution in [0.3, 0.4) is 0 Å². The van der Waals surface area contributed by atoms with Gasteiger partial charge in [0.2, 0.25) is 17.7 Å². The van der Waals surface area contributed by atoms with E-state index in [4.69, 9.17) is 5.11 Å². The Morgan fingerprint density at radius 3 is 1.93 bits per heavy atom. The summed E-state index contributed by atoms with van der Waals surface area (Å²) in [6, 6.07) is -3.05. The summed E-state index contributed by atoms with van der Waals surface area (Å²) < 4.78 is 0. The average Bonchev–Trinajstić information content (AvgIpc) is 3.10. The first-order chi connectivity index (χ1) is 12.5. The van der Waals surface area contributed by atoms with E-state index in [2.05, 4.69) is 21.3 Å². The molecule has 0 radical (unpaired) electrons. The second kappa shape index (κ2) is 10.2. The number of rotatable bonds is 9. The minimum atomic E-state index is -1.13. The SMILES string of the molecule is CC(NC(=O)C(NC(=O)C1CCCN1)C(C)C)C(=O)NC(C(=O)O)C(C)C. The molecule has 0 bridgehead atoms. The molecule has 9 nitrogen and oxygen atoms in total. The van der Waals surface area contributed by atoms with Gasteiger partial charge in [-0.25, -0.2) is 4.79 Å². The van der Waals surface area contributed by atoms with Crippen molar-refractivity contribution in [3.05, 3.63) is 0 Å². The molecular formula is C18H32N4O5. The van der Waals surface area contributed by atoms with E-state index in [9.17, 15) is 19.2 Å². The van der Waals surface area contributed by atoms with Gasteiger partial charge in [0, 0.05) is 0 Å². The van der Waals surface area contributed by atoms with E-state index in [1.165, 1.54) is 6.92 Å². The maximum atomic E-state index is 12.6. The Balaban J connectivity index is 2.67. The van der Waals surface area contributed by atoms with Gasteiger partial charge >= 0.3 is 5.97 Å². The Hall–Kier alpha value is -2.16. The number of carbonyl (C=O) groups excluding carboxylic acids is 3. The molecule has 4 unspecified atom stereocenters. The van der Waals surface area contributed by atoms with E-state index < -0.39 is 35.9 Å². The molecule has 0 aliphatic carbocycles. The minimum absolute atomic E-state index is 0.173. The van der Waals surface area contributed by atoms with Crippen molar-refractivity contribution in [2.75, 3.05) is 6.54 Å². The molecule has 27 heavy (non-hydrogen) atoms. The van der Waals surface area contributed by atoms with Crippen LogP contribution in [0, 0.1) is 11.8 Å². The quantitative estimate of drug-likeness (QED) is 0.367. The fourth-order valence-corrected chi connectivity index (χ4v) is 2.86. The number of carboxylic acid groups (broad SMARTS) is 1. The average molecular weight is 384 g/mol. The van der Waals surface area contributed by atoms with Crippen LogP contribution in [0.1, 0.15) is 47.5 Å². The number of hydrogen-bond acceptors (Lipinski definition) is 5. The molecule has 4 atom stereocenters. The summed E-state index contributed by atoms with van der Waals surface area (Å²) >= 11 is 0. The van der Waals surface area contributed by atoms with E-state index in [0.29, 0.717) is 0 Å². The van der Waals surface area contributed by atoms with Crippen molar-refractivity contribution in [3.8, 4) is 0 Å². The van der Waals surface area contributed by atoms with Gasteiger partial charge in [-0.2, -0.15) is 0 Å². The van der Waals surface area contributed by atoms with Crippen LogP contribution in [0.2, 0.25) is 0 Å². The molecule has 0 saturated carbocycles. The van der Waals surface area contributed by atoms with Gasteiger partial charge in [-0.15, -0.1) is 0 Å². The molecule has 0 spiro atoms. The minimum Gasteiger partial charge on any atom is -0.480 e. The van der Waals surface area contributed by atoms with E-state index in [0.717, 1.165) is 19.4 Å². The van der Waals surface area contributed by atoms with Gasteiger partial charge in [-0.3, -0.25) is 14.4 Å². The molecule has 1 aliphatic rings. The first kappa shape index (κ1) is 22.9. The molecule has 0 aromatic rings. The van der Waals surface area contributed by atoms with Crippen LogP contribution in [0.15, 0.2) is 0 Å². The highest BCUT2D eigenvalue weighted by Crippen LogP contribution is 2.08. The lowest BCUT2D eigenvalue weighted by Gasteiger charge is -2.26. The maximum Gasteiger partial charge on any atom is 0.326 e. The largest absolute Gasteiger partial charge is 0.480 e. The van der Waals surface area contributed by atoms with Crippen LogP contribution in [0.25, 0.3) is 0 Å². The number of amides is 3. The lowest BCUT2D eigenvalue weighted by molar-refractivity contribution is -0.143. The molecule has 5 N–H and O–H groups in total. The predicted molar refractivity (Wildman–Crippen MR) is 99.8 cm³/mol. The van der Waals surface area contributed by atoms with Crippen LogP contribution in [0.5, 0.6) is 0 Å². The Kier molecular flexibility index (Phi) is 8.68. The molecule has 9 heteroatoms. The fourth-order valence-electron chi connectivity index (χ4n) is 2.86. The van der Waals surface area contributed by atoms with E-state index in [-0.39, 0.29) is 23.8 Å². The molecule has 0 aromatic heterocycles. The molecule has 1 aliphatic heterocycles. The highest BCUT2D eigenvalue weighted by Gasteiger charge is 2.31. The molecule has 1 rings (SSSR count). The number of carboxylic acids is 1. The summed E-state index contributed by atoms with van der Waals surface area (Å²) in [7, 11) is 0. The third-order valence-corrected chi connectivity index (χ3v) is 4.61. The summed E-state index contributed by atoms with van der Waals surface area (Å²) in [5, 5.41) is 20.0. The monoisotopic (exact) mass is 384 g/mol. The van der Waals surface area contributed by atoms with Crippen LogP contribution in [0.4, 0.5) is 0 Å². The summed E-state index contributed by atoms with van der Waals surface area (Å²) in [5.74, 6) is -2.90. The topological polar surface area (TPSA) is 137 Å². The van der Waals surface area contributed by atoms with Crippen molar-refractivity contribution in [2.45, 2.75) is 71.6 Å². The molecular weight excluding hydrogens is 352 g/mol. The molecule has 1 saturated heterocycles. The summed E-state index contributed by atoms with van der Waals surface area (Å²) in [6.07, 6.45) is 1.64. The first-order valence-electron chi connectivity index (χ1n) is 9.41. The number of hydrogen-bond donors (Lipinski definition) is 5. The smallest absolute Gasteiger partial charge is 0.326 e. The molecule has 1 fully saturated rings. The van der Waals surface area contributed by atoms with E-state index in [1.807, 2.05) is 0 Å². The second-order valence-corrected chi connectivity index (χ2v) is 7.68. The van der Waals surface area contributed by atoms with Crippen LogP contribution in [-0.4, -0.2) is 59.5 Å². The molecule has 0 aromatic carbocycles. The Labute approximate surface area is 160 Å². The van der Waals surface area contributed by atoms with Crippen LogP contribution >= 0.6 is 0 Å². The van der Waals surface area contributed by atoms with Gasteiger partial charge in [-0.1, -0.05) is 27.7 Å². The van der Waals surface area contributed by atoms with Gasteiger partial charge in [0.05, 0.1) is 6.04 Å². The summed E-state index contributed by atoms with van der Waals surface area (Å²) in [6.45, 7) is 9.22.